The standard InChI is InChI=1S/C23H15ClF5N3O/c1-10-8-13(12(3)31(10)15-6-4-14(24)5-7-15)9-16-11(2)30-32(23(16)33)22-20(28)18(26)17(25)19(27)21(22)29/h4-9H,1-3H3/b16-9-. The molecule has 1 aromatic heterocycles. The third kappa shape index (κ3) is 3.62. The summed E-state index contributed by atoms with van der Waals surface area (Å²) in [5.74, 6) is -11.9. The second kappa shape index (κ2) is 8.15. The minimum absolute atomic E-state index is 0.0460. The average Bonchev–Trinajstić information content (AvgIpc) is 3.21. The Kier molecular flexibility index (Phi) is 5.61. The van der Waals surface area contributed by atoms with Gasteiger partial charge in [-0.05, 0) is 62.7 Å². The van der Waals surface area contributed by atoms with Crippen LogP contribution in [-0.2, 0) is 4.79 Å². The highest BCUT2D eigenvalue weighted by Gasteiger charge is 2.37. The lowest BCUT2D eigenvalue weighted by molar-refractivity contribution is -0.114. The Labute approximate surface area is 190 Å². The fourth-order valence-corrected chi connectivity index (χ4v) is 3.82. The van der Waals surface area contributed by atoms with Gasteiger partial charge >= 0.3 is 0 Å². The van der Waals surface area contributed by atoms with Crippen molar-refractivity contribution in [3.05, 3.63) is 87.0 Å². The molecule has 0 bridgehead atoms. The predicted molar refractivity (Wildman–Crippen MR) is 115 cm³/mol. The van der Waals surface area contributed by atoms with Gasteiger partial charge < -0.3 is 4.57 Å². The van der Waals surface area contributed by atoms with Crippen LogP contribution in [0.2, 0.25) is 5.02 Å². The van der Waals surface area contributed by atoms with Crippen molar-refractivity contribution in [2.24, 2.45) is 5.10 Å². The number of hydrogen-bond donors (Lipinski definition) is 0. The van der Waals surface area contributed by atoms with Gasteiger partial charge in [0.05, 0.1) is 11.3 Å². The van der Waals surface area contributed by atoms with Crippen LogP contribution in [0.1, 0.15) is 23.9 Å². The summed E-state index contributed by atoms with van der Waals surface area (Å²) in [6.07, 6.45) is 1.46. The molecule has 0 aliphatic carbocycles. The van der Waals surface area contributed by atoms with Crippen LogP contribution in [-0.4, -0.2) is 16.2 Å². The van der Waals surface area contributed by atoms with Crippen LogP contribution in [0, 0.1) is 42.9 Å². The van der Waals surface area contributed by atoms with Gasteiger partial charge in [0.1, 0.15) is 5.69 Å². The summed E-state index contributed by atoms with van der Waals surface area (Å²) < 4.78 is 71.0. The number of nitrogens with zero attached hydrogens (tertiary/aromatic N) is 3. The molecule has 1 aliphatic rings. The normalized spacial score (nSPS) is 15.1. The van der Waals surface area contributed by atoms with Crippen molar-refractivity contribution in [3.63, 3.8) is 0 Å². The van der Waals surface area contributed by atoms with E-state index in [1.165, 1.54) is 13.0 Å². The minimum atomic E-state index is -2.31. The van der Waals surface area contributed by atoms with Gasteiger partial charge in [-0.3, -0.25) is 4.79 Å². The summed E-state index contributed by atoms with van der Waals surface area (Å²) >= 11 is 5.95. The van der Waals surface area contributed by atoms with Gasteiger partial charge in [-0.1, -0.05) is 11.6 Å². The van der Waals surface area contributed by atoms with E-state index >= 15 is 0 Å². The zero-order valence-corrected chi connectivity index (χ0v) is 18.2. The summed E-state index contributed by atoms with van der Waals surface area (Å²) in [6, 6.07) is 8.88. The number of anilines is 1. The third-order valence-corrected chi connectivity index (χ3v) is 5.57. The Hall–Kier alpha value is -3.46. The number of hydrogen-bond acceptors (Lipinski definition) is 2. The van der Waals surface area contributed by atoms with Crippen LogP contribution in [0.5, 0.6) is 0 Å². The fraction of sp³-hybridized carbons (Fsp3) is 0.130. The molecule has 33 heavy (non-hydrogen) atoms. The second-order valence-electron chi connectivity index (χ2n) is 7.42. The van der Waals surface area contributed by atoms with Crippen LogP contribution in [0.3, 0.4) is 0 Å². The van der Waals surface area contributed by atoms with Crippen molar-refractivity contribution in [1.29, 1.82) is 0 Å². The van der Waals surface area contributed by atoms with Gasteiger partial charge in [0, 0.05) is 22.1 Å². The molecule has 0 saturated heterocycles. The van der Waals surface area contributed by atoms with Gasteiger partial charge in [-0.25, -0.2) is 22.0 Å². The number of rotatable bonds is 3. The van der Waals surface area contributed by atoms with Crippen LogP contribution in [0.4, 0.5) is 27.6 Å². The molecular weight excluding hydrogens is 465 g/mol. The van der Waals surface area contributed by atoms with Crippen LogP contribution >= 0.6 is 11.6 Å². The molecule has 0 fully saturated rings. The minimum Gasteiger partial charge on any atom is -0.318 e. The number of aryl methyl sites for hydroxylation is 1. The largest absolute Gasteiger partial charge is 0.318 e. The van der Waals surface area contributed by atoms with Gasteiger partial charge in [0.2, 0.25) is 5.82 Å². The van der Waals surface area contributed by atoms with Crippen molar-refractivity contribution >= 4 is 35.0 Å². The summed E-state index contributed by atoms with van der Waals surface area (Å²) in [4.78, 5) is 12.9. The highest BCUT2D eigenvalue weighted by molar-refractivity contribution is 6.32. The molecule has 10 heteroatoms. The van der Waals surface area contributed by atoms with Crippen molar-refractivity contribution in [3.8, 4) is 5.69 Å². The Balaban J connectivity index is 1.78. The molecule has 0 spiro atoms. The first-order valence-electron chi connectivity index (χ1n) is 9.61. The molecule has 0 N–H and O–H groups in total. The van der Waals surface area contributed by atoms with Crippen molar-refractivity contribution in [2.75, 3.05) is 5.01 Å². The maximum atomic E-state index is 14.2. The van der Waals surface area contributed by atoms with E-state index < -0.39 is 40.7 Å². The van der Waals surface area contributed by atoms with E-state index in [1.807, 2.05) is 30.5 Å². The lowest BCUT2D eigenvalue weighted by atomic mass is 10.1. The Morgan fingerprint density at radius 1 is 0.879 bits per heavy atom. The highest BCUT2D eigenvalue weighted by Crippen LogP contribution is 2.34. The maximum absolute atomic E-state index is 14.2. The zero-order chi connectivity index (χ0) is 24.2. The lowest BCUT2D eigenvalue weighted by Gasteiger charge is -2.15. The number of hydrazone groups is 1. The first kappa shape index (κ1) is 22.7. The first-order chi connectivity index (χ1) is 15.5. The highest BCUT2D eigenvalue weighted by atomic mass is 35.5. The van der Waals surface area contributed by atoms with Crippen LogP contribution in [0.15, 0.2) is 41.0 Å². The Morgan fingerprint density at radius 2 is 1.42 bits per heavy atom. The van der Waals surface area contributed by atoms with Gasteiger partial charge in [-0.2, -0.15) is 10.1 Å². The topological polar surface area (TPSA) is 37.6 Å². The Bertz CT molecular complexity index is 1350. The molecule has 1 amide bonds. The lowest BCUT2D eigenvalue weighted by Crippen LogP contribution is -2.25. The van der Waals surface area contributed by atoms with Crippen LogP contribution < -0.4 is 5.01 Å². The summed E-state index contributed by atoms with van der Waals surface area (Å²) in [5.41, 5.74) is 1.60. The molecule has 4 nitrogen and oxygen atoms in total. The van der Waals surface area contributed by atoms with Crippen LogP contribution in [0.25, 0.3) is 11.8 Å². The van der Waals surface area contributed by atoms with E-state index in [4.69, 9.17) is 11.6 Å². The second-order valence-corrected chi connectivity index (χ2v) is 7.85. The third-order valence-electron chi connectivity index (χ3n) is 5.32. The smallest absolute Gasteiger partial charge is 0.280 e. The summed E-state index contributed by atoms with van der Waals surface area (Å²) in [5, 5.41) is 4.51. The monoisotopic (exact) mass is 479 g/mol. The quantitative estimate of drug-likeness (QED) is 0.189. The number of amides is 1. The van der Waals surface area contributed by atoms with E-state index in [-0.39, 0.29) is 16.3 Å². The van der Waals surface area contributed by atoms with Gasteiger partial charge in [-0.15, -0.1) is 0 Å². The molecule has 3 aromatic rings. The summed E-state index contributed by atoms with van der Waals surface area (Å²) in [6.45, 7) is 5.05. The van der Waals surface area contributed by atoms with E-state index in [0.717, 1.165) is 17.1 Å². The predicted octanol–water partition coefficient (Wildman–Crippen LogP) is 6.25. The summed E-state index contributed by atoms with van der Waals surface area (Å²) in [7, 11) is 0. The van der Waals surface area contributed by atoms with Gasteiger partial charge in [0.15, 0.2) is 23.3 Å². The number of benzene rings is 2. The number of carbonyl (C=O) groups excluding carboxylic acids is 1. The Morgan fingerprint density at radius 3 is 2.00 bits per heavy atom. The zero-order valence-electron chi connectivity index (χ0n) is 17.5. The molecular formula is C23H15ClF5N3O. The molecule has 0 radical (unpaired) electrons. The van der Waals surface area contributed by atoms with Gasteiger partial charge in [0.25, 0.3) is 5.91 Å². The number of halogens is 6. The molecule has 170 valence electrons. The van der Waals surface area contributed by atoms with E-state index in [2.05, 4.69) is 5.10 Å². The number of carbonyl (C=O) groups is 1. The fourth-order valence-electron chi connectivity index (χ4n) is 3.69. The van der Waals surface area contributed by atoms with E-state index in [1.54, 1.807) is 18.2 Å². The van der Waals surface area contributed by atoms with Crippen molar-refractivity contribution in [2.45, 2.75) is 20.8 Å². The molecule has 1 aliphatic heterocycles. The average molecular weight is 480 g/mol. The molecule has 2 heterocycles. The molecule has 4 rings (SSSR count). The SMILES string of the molecule is CC1=NN(c2c(F)c(F)c(F)c(F)c2F)C(=O)/C1=C\c1cc(C)n(-c2ccc(Cl)cc2)c1C. The van der Waals surface area contributed by atoms with Crippen molar-refractivity contribution in [1.82, 2.24) is 4.57 Å². The molecule has 0 atom stereocenters. The van der Waals surface area contributed by atoms with E-state index in [0.29, 0.717) is 10.6 Å². The molecule has 0 unspecified atom stereocenters. The molecule has 2 aromatic carbocycles. The van der Waals surface area contributed by atoms with E-state index in [9.17, 15) is 26.7 Å². The molecule has 0 saturated carbocycles. The van der Waals surface area contributed by atoms with Crippen molar-refractivity contribution < 1.29 is 26.7 Å². The number of aromatic nitrogens is 1. The first-order valence-corrected chi connectivity index (χ1v) is 9.98. The maximum Gasteiger partial charge on any atom is 0.280 e.